The minimum atomic E-state index is -3.46. The third kappa shape index (κ3) is 3.65. The van der Waals surface area contributed by atoms with Gasteiger partial charge < -0.3 is 5.73 Å². The van der Waals surface area contributed by atoms with E-state index in [0.717, 1.165) is 19.1 Å². The molecule has 104 valence electrons. The quantitative estimate of drug-likeness (QED) is 0.837. The zero-order chi connectivity index (χ0) is 14.0. The van der Waals surface area contributed by atoms with Crippen molar-refractivity contribution < 1.29 is 8.42 Å². The van der Waals surface area contributed by atoms with Crippen LogP contribution in [-0.4, -0.2) is 8.42 Å². The molecule has 0 aliphatic carbocycles. The monoisotopic (exact) mass is 380 g/mol. The van der Waals surface area contributed by atoms with E-state index < -0.39 is 10.0 Å². The van der Waals surface area contributed by atoms with Gasteiger partial charge in [0.1, 0.15) is 4.21 Å². The van der Waals surface area contributed by atoms with Gasteiger partial charge in [0.05, 0.1) is 3.79 Å². The molecular formula is C11H13BrN2O2S3. The van der Waals surface area contributed by atoms with E-state index in [1.54, 1.807) is 6.07 Å². The van der Waals surface area contributed by atoms with E-state index >= 15 is 0 Å². The van der Waals surface area contributed by atoms with Gasteiger partial charge in [0, 0.05) is 22.8 Å². The Bertz CT molecular complexity index is 676. The zero-order valence-electron chi connectivity index (χ0n) is 10.1. The number of aryl methyl sites for hydroxylation is 1. The Morgan fingerprint density at radius 1 is 1.37 bits per heavy atom. The number of sulfonamides is 1. The number of thiophene rings is 2. The molecule has 0 saturated heterocycles. The highest BCUT2D eigenvalue weighted by atomic mass is 79.9. The van der Waals surface area contributed by atoms with Crippen LogP contribution in [0.5, 0.6) is 0 Å². The predicted octanol–water partition coefficient (Wildman–Crippen LogP) is 2.82. The Balaban J connectivity index is 2.13. The van der Waals surface area contributed by atoms with Crippen LogP contribution >= 0.6 is 38.6 Å². The van der Waals surface area contributed by atoms with Crippen LogP contribution in [0, 0.1) is 6.92 Å². The first-order valence-electron chi connectivity index (χ1n) is 5.45. The summed E-state index contributed by atoms with van der Waals surface area (Å²) in [5.74, 6) is 0. The molecule has 0 bridgehead atoms. The van der Waals surface area contributed by atoms with Gasteiger partial charge in [-0.1, -0.05) is 0 Å². The highest BCUT2D eigenvalue weighted by Crippen LogP contribution is 2.26. The first-order valence-corrected chi connectivity index (χ1v) is 9.36. The average molecular weight is 381 g/mol. The number of nitrogens with one attached hydrogen (secondary N) is 1. The van der Waals surface area contributed by atoms with Gasteiger partial charge in [0.25, 0.3) is 0 Å². The van der Waals surface area contributed by atoms with Crippen LogP contribution in [0.3, 0.4) is 0 Å². The molecule has 0 atom stereocenters. The molecule has 0 fully saturated rings. The fraction of sp³-hybridized carbons (Fsp3) is 0.273. The van der Waals surface area contributed by atoms with Crippen LogP contribution in [-0.2, 0) is 23.1 Å². The molecule has 0 saturated carbocycles. The molecule has 2 rings (SSSR count). The van der Waals surface area contributed by atoms with Gasteiger partial charge in [-0.25, -0.2) is 13.1 Å². The van der Waals surface area contributed by atoms with Gasteiger partial charge in [0.15, 0.2) is 0 Å². The third-order valence-electron chi connectivity index (χ3n) is 2.51. The molecule has 0 spiro atoms. The lowest BCUT2D eigenvalue weighted by Gasteiger charge is -2.02. The van der Waals surface area contributed by atoms with Gasteiger partial charge in [-0.15, -0.1) is 22.7 Å². The highest BCUT2D eigenvalue weighted by molar-refractivity contribution is 9.11. The van der Waals surface area contributed by atoms with Crippen LogP contribution in [0.15, 0.2) is 26.2 Å². The summed E-state index contributed by atoms with van der Waals surface area (Å²) in [6.45, 7) is 2.53. The molecule has 0 amide bonds. The SMILES string of the molecule is Cc1cc(S(=O)(=O)NCc2ccc(Br)s2)sc1CN. The summed E-state index contributed by atoms with van der Waals surface area (Å²) in [6, 6.07) is 5.46. The van der Waals surface area contributed by atoms with E-state index in [4.69, 9.17) is 5.73 Å². The topological polar surface area (TPSA) is 72.2 Å². The Hall–Kier alpha value is -0.250. The maximum absolute atomic E-state index is 12.1. The van der Waals surface area contributed by atoms with E-state index in [2.05, 4.69) is 20.7 Å². The van der Waals surface area contributed by atoms with Crippen molar-refractivity contribution in [3.63, 3.8) is 0 Å². The van der Waals surface area contributed by atoms with Gasteiger partial charge in [-0.2, -0.15) is 0 Å². The largest absolute Gasteiger partial charge is 0.326 e. The molecule has 0 aliphatic heterocycles. The molecular weight excluding hydrogens is 368 g/mol. The smallest absolute Gasteiger partial charge is 0.250 e. The standard InChI is InChI=1S/C11H13BrN2O2S3/c1-7-4-11(18-9(7)5-13)19(15,16)14-6-8-2-3-10(12)17-8/h2-4,14H,5-6,13H2,1H3. The fourth-order valence-electron chi connectivity index (χ4n) is 1.51. The first kappa shape index (κ1) is 15.1. The molecule has 0 unspecified atom stereocenters. The number of halogens is 1. The summed E-state index contributed by atoms with van der Waals surface area (Å²) in [7, 11) is -3.46. The van der Waals surface area contributed by atoms with Crippen LogP contribution in [0.4, 0.5) is 0 Å². The lowest BCUT2D eigenvalue weighted by molar-refractivity contribution is 0.584. The summed E-state index contributed by atoms with van der Waals surface area (Å²) in [4.78, 5) is 1.86. The Morgan fingerprint density at radius 2 is 2.11 bits per heavy atom. The van der Waals surface area contributed by atoms with Gasteiger partial charge >= 0.3 is 0 Å². The molecule has 0 aliphatic rings. The summed E-state index contributed by atoms with van der Waals surface area (Å²) in [5.41, 5.74) is 6.49. The van der Waals surface area contributed by atoms with Gasteiger partial charge in [0.2, 0.25) is 10.0 Å². The van der Waals surface area contributed by atoms with E-state index in [9.17, 15) is 8.42 Å². The molecule has 2 aromatic rings. The Morgan fingerprint density at radius 3 is 2.63 bits per heavy atom. The molecule has 0 aromatic carbocycles. The van der Waals surface area contributed by atoms with Crippen molar-refractivity contribution in [2.45, 2.75) is 24.2 Å². The third-order valence-corrected chi connectivity index (χ3v) is 7.27. The van der Waals surface area contributed by atoms with Gasteiger partial charge in [-0.3, -0.25) is 0 Å². The maximum atomic E-state index is 12.1. The molecule has 2 aromatic heterocycles. The second-order valence-corrected chi connectivity index (χ2v) is 9.58. The zero-order valence-corrected chi connectivity index (χ0v) is 14.2. The van der Waals surface area contributed by atoms with Crippen molar-refractivity contribution >= 4 is 48.6 Å². The lowest BCUT2D eigenvalue weighted by Crippen LogP contribution is -2.21. The normalized spacial score (nSPS) is 11.9. The minimum Gasteiger partial charge on any atom is -0.326 e. The summed E-state index contributed by atoms with van der Waals surface area (Å²) >= 11 is 6.08. The van der Waals surface area contributed by atoms with E-state index in [-0.39, 0.29) is 0 Å². The van der Waals surface area contributed by atoms with Crippen molar-refractivity contribution in [1.29, 1.82) is 0 Å². The Labute approximate surface area is 128 Å². The molecule has 3 N–H and O–H groups in total. The number of hydrogen-bond donors (Lipinski definition) is 2. The van der Waals surface area contributed by atoms with Crippen LogP contribution in [0.1, 0.15) is 15.3 Å². The molecule has 4 nitrogen and oxygen atoms in total. The average Bonchev–Trinajstić information content (AvgIpc) is 2.93. The highest BCUT2D eigenvalue weighted by Gasteiger charge is 2.18. The van der Waals surface area contributed by atoms with Crippen molar-refractivity contribution in [1.82, 2.24) is 4.72 Å². The lowest BCUT2D eigenvalue weighted by atomic mass is 10.3. The summed E-state index contributed by atoms with van der Waals surface area (Å²) < 4.78 is 28.2. The molecule has 0 radical (unpaired) electrons. The van der Waals surface area contributed by atoms with E-state index in [0.29, 0.717) is 17.3 Å². The van der Waals surface area contributed by atoms with Gasteiger partial charge in [-0.05, 0) is 46.6 Å². The molecule has 19 heavy (non-hydrogen) atoms. The van der Waals surface area contributed by atoms with Crippen LogP contribution in [0.25, 0.3) is 0 Å². The second kappa shape index (κ2) is 6.02. The van der Waals surface area contributed by atoms with Crippen LogP contribution in [0.2, 0.25) is 0 Å². The van der Waals surface area contributed by atoms with Crippen molar-refractivity contribution in [3.05, 3.63) is 37.3 Å². The fourth-order valence-corrected chi connectivity index (χ4v) is 5.54. The Kier molecular flexibility index (Phi) is 4.80. The van der Waals surface area contributed by atoms with Crippen molar-refractivity contribution in [2.75, 3.05) is 0 Å². The summed E-state index contributed by atoms with van der Waals surface area (Å²) in [5, 5.41) is 0. The number of rotatable bonds is 5. The molecule has 2 heterocycles. The van der Waals surface area contributed by atoms with Crippen molar-refractivity contribution in [2.24, 2.45) is 5.73 Å². The maximum Gasteiger partial charge on any atom is 0.250 e. The first-order chi connectivity index (χ1) is 8.92. The van der Waals surface area contributed by atoms with E-state index in [1.165, 1.54) is 22.7 Å². The summed E-state index contributed by atoms with van der Waals surface area (Å²) in [6.07, 6.45) is 0. The van der Waals surface area contributed by atoms with E-state index in [1.807, 2.05) is 19.1 Å². The minimum absolute atomic E-state index is 0.299. The second-order valence-electron chi connectivity index (χ2n) is 3.91. The predicted molar refractivity (Wildman–Crippen MR) is 83.0 cm³/mol. The molecule has 8 heteroatoms. The number of hydrogen-bond acceptors (Lipinski definition) is 5. The number of nitrogens with two attached hydrogens (primary N) is 1. The van der Waals surface area contributed by atoms with Crippen LogP contribution < -0.4 is 10.5 Å². The van der Waals surface area contributed by atoms with Crippen molar-refractivity contribution in [3.8, 4) is 0 Å².